The van der Waals surface area contributed by atoms with Crippen LogP contribution in [0.3, 0.4) is 0 Å². The topological polar surface area (TPSA) is 67.6 Å². The Balaban J connectivity index is 1.51. The fraction of sp³-hybridized carbons (Fsp3) is 0.591. The number of nitrogens with zero attached hydrogens (tertiary/aromatic N) is 4. The molecule has 2 aliphatic heterocycles. The molecule has 2 heterocycles. The zero-order valence-corrected chi connectivity index (χ0v) is 16.6. The molecule has 0 unspecified atom stereocenters. The highest BCUT2D eigenvalue weighted by Crippen LogP contribution is 2.22. The summed E-state index contributed by atoms with van der Waals surface area (Å²) in [7, 11) is 0. The average Bonchev–Trinajstić information content (AvgIpc) is 2.75. The lowest BCUT2D eigenvalue weighted by atomic mass is 9.94. The summed E-state index contributed by atoms with van der Waals surface area (Å²) in [5.41, 5.74) is 0.831. The molecule has 0 aliphatic carbocycles. The van der Waals surface area contributed by atoms with Crippen molar-refractivity contribution in [3.63, 3.8) is 0 Å². The van der Waals surface area contributed by atoms with E-state index in [0.717, 1.165) is 57.5 Å². The lowest BCUT2D eigenvalue weighted by Crippen LogP contribution is -2.47. The van der Waals surface area contributed by atoms with Crippen LogP contribution in [0.5, 0.6) is 0 Å². The van der Waals surface area contributed by atoms with Crippen molar-refractivity contribution < 1.29 is 9.59 Å². The third kappa shape index (κ3) is 5.32. The monoisotopic (exact) mass is 382 g/mol. The van der Waals surface area contributed by atoms with Gasteiger partial charge >= 0.3 is 0 Å². The second-order valence-electron chi connectivity index (χ2n) is 7.73. The fourth-order valence-electron chi connectivity index (χ4n) is 4.15. The molecule has 1 aromatic rings. The van der Waals surface area contributed by atoms with E-state index < -0.39 is 0 Å². The summed E-state index contributed by atoms with van der Waals surface area (Å²) in [6, 6.07) is 11.7. The number of carbonyl (C=O) groups excluding carboxylic acids is 2. The van der Waals surface area contributed by atoms with Gasteiger partial charge in [0.15, 0.2) is 0 Å². The maximum Gasteiger partial charge on any atom is 0.241 e. The van der Waals surface area contributed by atoms with Crippen molar-refractivity contribution in [3.8, 4) is 6.07 Å². The first-order valence-electron chi connectivity index (χ1n) is 10.4. The smallest absolute Gasteiger partial charge is 0.241 e. The van der Waals surface area contributed by atoms with Gasteiger partial charge in [0, 0.05) is 31.2 Å². The molecule has 2 aliphatic rings. The Morgan fingerprint density at radius 1 is 1.04 bits per heavy atom. The number of para-hydroxylation sites is 1. The Hall–Kier alpha value is -2.39. The van der Waals surface area contributed by atoms with E-state index in [0.29, 0.717) is 25.4 Å². The number of carbonyl (C=O) groups is 2. The summed E-state index contributed by atoms with van der Waals surface area (Å²) in [6.45, 7) is 4.10. The summed E-state index contributed by atoms with van der Waals surface area (Å²) in [6.07, 6.45) is 5.44. The Bertz CT molecular complexity index is 686. The molecule has 1 aromatic carbocycles. The molecule has 150 valence electrons. The third-order valence-electron chi connectivity index (χ3n) is 5.78. The van der Waals surface area contributed by atoms with Gasteiger partial charge in [0.2, 0.25) is 11.8 Å². The van der Waals surface area contributed by atoms with Crippen molar-refractivity contribution in [2.75, 3.05) is 44.2 Å². The molecule has 3 rings (SSSR count). The van der Waals surface area contributed by atoms with E-state index in [4.69, 9.17) is 5.26 Å². The molecule has 2 amide bonds. The van der Waals surface area contributed by atoms with Gasteiger partial charge in [-0.1, -0.05) is 18.2 Å². The predicted octanol–water partition coefficient (Wildman–Crippen LogP) is 2.66. The number of rotatable bonds is 6. The number of likely N-dealkylation sites (tertiary alicyclic amines) is 2. The highest BCUT2D eigenvalue weighted by Gasteiger charge is 2.30. The Morgan fingerprint density at radius 2 is 1.71 bits per heavy atom. The zero-order chi connectivity index (χ0) is 19.8. The highest BCUT2D eigenvalue weighted by atomic mass is 16.2. The highest BCUT2D eigenvalue weighted by molar-refractivity contribution is 5.94. The molecule has 2 saturated heterocycles. The van der Waals surface area contributed by atoms with Crippen LogP contribution in [0.4, 0.5) is 5.69 Å². The van der Waals surface area contributed by atoms with Gasteiger partial charge in [-0.15, -0.1) is 0 Å². The van der Waals surface area contributed by atoms with E-state index in [1.807, 2.05) is 35.2 Å². The summed E-state index contributed by atoms with van der Waals surface area (Å²) < 4.78 is 0. The van der Waals surface area contributed by atoms with Gasteiger partial charge in [-0.2, -0.15) is 5.26 Å². The van der Waals surface area contributed by atoms with Crippen LogP contribution in [0.25, 0.3) is 0 Å². The van der Waals surface area contributed by atoms with Gasteiger partial charge in [-0.25, -0.2) is 0 Å². The van der Waals surface area contributed by atoms with Gasteiger partial charge in [-0.05, 0) is 57.3 Å². The van der Waals surface area contributed by atoms with Crippen LogP contribution >= 0.6 is 0 Å². The summed E-state index contributed by atoms with van der Waals surface area (Å²) >= 11 is 0. The van der Waals surface area contributed by atoms with Gasteiger partial charge in [-0.3, -0.25) is 14.5 Å². The van der Waals surface area contributed by atoms with Crippen LogP contribution in [0.1, 0.15) is 38.5 Å². The van der Waals surface area contributed by atoms with Crippen molar-refractivity contribution in [1.82, 2.24) is 9.80 Å². The second-order valence-corrected chi connectivity index (χ2v) is 7.73. The second kappa shape index (κ2) is 10.2. The quantitative estimate of drug-likeness (QED) is 0.759. The van der Waals surface area contributed by atoms with E-state index in [1.165, 1.54) is 6.42 Å². The molecule has 2 fully saturated rings. The van der Waals surface area contributed by atoms with Crippen molar-refractivity contribution >= 4 is 17.5 Å². The average molecular weight is 383 g/mol. The van der Waals surface area contributed by atoms with Crippen molar-refractivity contribution in [3.05, 3.63) is 30.3 Å². The Morgan fingerprint density at radius 3 is 2.36 bits per heavy atom. The molecule has 0 bridgehead atoms. The minimum absolute atomic E-state index is 0.0160. The van der Waals surface area contributed by atoms with Crippen molar-refractivity contribution in [1.29, 1.82) is 5.26 Å². The Labute approximate surface area is 167 Å². The number of benzene rings is 1. The maximum atomic E-state index is 12.9. The number of piperidine rings is 2. The van der Waals surface area contributed by atoms with Gasteiger partial charge in [0.05, 0.1) is 19.0 Å². The molecule has 0 radical (unpaired) electrons. The largest absolute Gasteiger partial charge is 0.342 e. The fourth-order valence-corrected chi connectivity index (χ4v) is 4.15. The summed E-state index contributed by atoms with van der Waals surface area (Å²) in [5, 5.41) is 8.92. The van der Waals surface area contributed by atoms with Crippen LogP contribution in [-0.4, -0.2) is 60.9 Å². The SMILES string of the molecule is N#CCCN(C(=O)CN1CCC(C(=O)N2CCCCC2)CC1)c1ccccc1. The minimum atomic E-state index is 0.0160. The molecule has 6 heteroatoms. The van der Waals surface area contributed by atoms with Gasteiger partial charge in [0.1, 0.15) is 0 Å². The maximum absolute atomic E-state index is 12.9. The molecule has 0 spiro atoms. The third-order valence-corrected chi connectivity index (χ3v) is 5.78. The lowest BCUT2D eigenvalue weighted by Gasteiger charge is -2.36. The molecule has 0 saturated carbocycles. The normalized spacial score (nSPS) is 18.5. The molecular weight excluding hydrogens is 352 g/mol. The van der Waals surface area contributed by atoms with Crippen LogP contribution in [0, 0.1) is 17.2 Å². The van der Waals surface area contributed by atoms with Crippen LogP contribution in [-0.2, 0) is 9.59 Å². The number of nitriles is 1. The zero-order valence-electron chi connectivity index (χ0n) is 16.6. The molecule has 0 aromatic heterocycles. The van der Waals surface area contributed by atoms with E-state index in [-0.39, 0.29) is 11.8 Å². The van der Waals surface area contributed by atoms with E-state index in [2.05, 4.69) is 11.0 Å². The molecular formula is C22H30N4O2. The Kier molecular flexibility index (Phi) is 7.44. The number of hydrogen-bond donors (Lipinski definition) is 0. The number of hydrogen-bond acceptors (Lipinski definition) is 4. The molecule has 0 N–H and O–H groups in total. The summed E-state index contributed by atoms with van der Waals surface area (Å²) in [5.74, 6) is 0.432. The van der Waals surface area contributed by atoms with Gasteiger partial charge in [0.25, 0.3) is 0 Å². The standard InChI is InChI=1S/C22H30N4O2/c23-12-7-15-26(20-8-3-1-4-9-20)21(27)18-24-16-10-19(11-17-24)22(28)25-13-5-2-6-14-25/h1,3-4,8-9,19H,2,5-7,10-11,13-18H2. The molecule has 6 nitrogen and oxygen atoms in total. The first kappa shape index (κ1) is 20.3. The van der Waals surface area contributed by atoms with Crippen LogP contribution in [0.15, 0.2) is 30.3 Å². The van der Waals surface area contributed by atoms with Gasteiger partial charge < -0.3 is 9.80 Å². The number of amides is 2. The van der Waals surface area contributed by atoms with Crippen LogP contribution in [0.2, 0.25) is 0 Å². The van der Waals surface area contributed by atoms with E-state index in [9.17, 15) is 9.59 Å². The molecule has 28 heavy (non-hydrogen) atoms. The van der Waals surface area contributed by atoms with E-state index in [1.54, 1.807) is 4.90 Å². The summed E-state index contributed by atoms with van der Waals surface area (Å²) in [4.78, 5) is 31.5. The first-order chi connectivity index (χ1) is 13.7. The van der Waals surface area contributed by atoms with Crippen molar-refractivity contribution in [2.24, 2.45) is 5.92 Å². The predicted molar refractivity (Wildman–Crippen MR) is 109 cm³/mol. The van der Waals surface area contributed by atoms with Crippen molar-refractivity contribution in [2.45, 2.75) is 38.5 Å². The number of anilines is 1. The minimum Gasteiger partial charge on any atom is -0.342 e. The molecule has 0 atom stereocenters. The lowest BCUT2D eigenvalue weighted by molar-refractivity contribution is -0.138. The first-order valence-corrected chi connectivity index (χ1v) is 10.4. The van der Waals surface area contributed by atoms with Crippen LogP contribution < -0.4 is 4.90 Å². The van der Waals surface area contributed by atoms with E-state index >= 15 is 0 Å².